The Morgan fingerprint density at radius 2 is 1.69 bits per heavy atom. The van der Waals surface area contributed by atoms with E-state index in [1.807, 2.05) is 12.1 Å². The molecule has 4 aromatic rings. The molecular weight excluding hydrogens is 375 g/mol. The number of nitrogens with one attached hydrogen (secondary N) is 1. The molecule has 1 N–H and O–H groups in total. The van der Waals surface area contributed by atoms with Gasteiger partial charge in [0.15, 0.2) is 11.2 Å². The summed E-state index contributed by atoms with van der Waals surface area (Å²) in [5.41, 5.74) is 0.782. The number of halogens is 2. The summed E-state index contributed by atoms with van der Waals surface area (Å²) in [5.74, 6) is 0.451. The highest BCUT2D eigenvalue weighted by molar-refractivity contribution is 6.33. The van der Waals surface area contributed by atoms with Crippen LogP contribution in [0.4, 0.5) is 0 Å². The third kappa shape index (κ3) is 2.55. The fourth-order valence-electron chi connectivity index (χ4n) is 2.81. The van der Waals surface area contributed by atoms with Gasteiger partial charge in [-0.05, 0) is 36.4 Å². The molecule has 2 aromatic carbocycles. The van der Waals surface area contributed by atoms with Gasteiger partial charge in [0.25, 0.3) is 5.56 Å². The maximum atomic E-state index is 12.8. The van der Waals surface area contributed by atoms with Crippen LogP contribution in [0.1, 0.15) is 0 Å². The molecule has 0 radical (unpaired) electrons. The lowest BCUT2D eigenvalue weighted by atomic mass is 10.2. The van der Waals surface area contributed by atoms with Gasteiger partial charge in [-0.15, -0.1) is 0 Å². The molecule has 6 nitrogen and oxygen atoms in total. The fraction of sp³-hybridized carbons (Fsp3) is 0.0556. The molecule has 0 spiro atoms. The normalized spacial score (nSPS) is 11.2. The van der Waals surface area contributed by atoms with Crippen molar-refractivity contribution in [1.29, 1.82) is 0 Å². The number of aromatic amines is 1. The zero-order valence-corrected chi connectivity index (χ0v) is 15.0. The van der Waals surface area contributed by atoms with Crippen LogP contribution in [0.5, 0.6) is 0 Å². The second-order valence-electron chi connectivity index (χ2n) is 5.72. The Labute approximate surface area is 157 Å². The summed E-state index contributed by atoms with van der Waals surface area (Å²) in [5, 5.41) is 1.05. The second-order valence-corrected chi connectivity index (χ2v) is 6.56. The minimum atomic E-state index is -0.533. The topological polar surface area (TPSA) is 72.7 Å². The third-order valence-electron chi connectivity index (χ3n) is 4.11. The predicted octanol–water partition coefficient (Wildman–Crippen LogP) is 3.39. The Kier molecular flexibility index (Phi) is 3.94. The van der Waals surface area contributed by atoms with Gasteiger partial charge in [-0.1, -0.05) is 35.3 Å². The molecule has 0 saturated carbocycles. The van der Waals surface area contributed by atoms with Crippen molar-refractivity contribution in [2.75, 3.05) is 0 Å². The summed E-state index contributed by atoms with van der Waals surface area (Å²) in [6.07, 6.45) is 0. The largest absolute Gasteiger partial charge is 0.329 e. The van der Waals surface area contributed by atoms with Gasteiger partial charge in [-0.25, -0.2) is 9.78 Å². The number of aromatic nitrogens is 4. The van der Waals surface area contributed by atoms with Crippen LogP contribution in [-0.2, 0) is 7.05 Å². The Morgan fingerprint density at radius 3 is 2.38 bits per heavy atom. The van der Waals surface area contributed by atoms with Crippen molar-refractivity contribution < 1.29 is 0 Å². The molecule has 0 aliphatic heterocycles. The van der Waals surface area contributed by atoms with E-state index in [1.54, 1.807) is 41.0 Å². The summed E-state index contributed by atoms with van der Waals surface area (Å²) in [4.78, 5) is 31.9. The maximum absolute atomic E-state index is 12.8. The highest BCUT2D eigenvalue weighted by Crippen LogP contribution is 2.31. The lowest BCUT2D eigenvalue weighted by molar-refractivity contribution is 0.788. The Morgan fingerprint density at radius 1 is 1.00 bits per heavy atom. The first-order valence-electron chi connectivity index (χ1n) is 7.70. The van der Waals surface area contributed by atoms with E-state index in [0.29, 0.717) is 27.1 Å². The van der Waals surface area contributed by atoms with E-state index in [9.17, 15) is 9.59 Å². The van der Waals surface area contributed by atoms with E-state index in [4.69, 9.17) is 23.2 Å². The number of fused-ring (bicyclic) bond motifs is 1. The van der Waals surface area contributed by atoms with Crippen LogP contribution in [0, 0.1) is 0 Å². The molecule has 2 heterocycles. The number of benzene rings is 2. The first-order chi connectivity index (χ1) is 12.5. The number of hydrogen-bond acceptors (Lipinski definition) is 3. The molecule has 0 aliphatic carbocycles. The zero-order chi connectivity index (χ0) is 18.4. The van der Waals surface area contributed by atoms with Gasteiger partial charge >= 0.3 is 5.69 Å². The van der Waals surface area contributed by atoms with Crippen molar-refractivity contribution in [3.8, 4) is 17.1 Å². The van der Waals surface area contributed by atoms with Crippen molar-refractivity contribution >= 4 is 34.4 Å². The second kappa shape index (κ2) is 6.16. The molecule has 8 heteroatoms. The van der Waals surface area contributed by atoms with Crippen molar-refractivity contribution in [2.24, 2.45) is 7.05 Å². The van der Waals surface area contributed by atoms with E-state index in [0.717, 1.165) is 4.57 Å². The minimum absolute atomic E-state index is 0.197. The first kappa shape index (κ1) is 16.6. The summed E-state index contributed by atoms with van der Waals surface area (Å²) < 4.78 is 2.68. The number of hydrogen-bond donors (Lipinski definition) is 1. The Balaban J connectivity index is 2.18. The Hall–Kier alpha value is -2.83. The van der Waals surface area contributed by atoms with Crippen molar-refractivity contribution in [2.45, 2.75) is 0 Å². The number of rotatable bonds is 2. The molecule has 0 atom stereocenters. The molecule has 26 heavy (non-hydrogen) atoms. The van der Waals surface area contributed by atoms with Crippen LogP contribution in [0.25, 0.3) is 28.2 Å². The van der Waals surface area contributed by atoms with Crippen LogP contribution < -0.4 is 11.2 Å². The summed E-state index contributed by atoms with van der Waals surface area (Å²) in [6, 6.07) is 14.2. The molecule has 4 rings (SSSR count). The number of imidazole rings is 1. The van der Waals surface area contributed by atoms with Gasteiger partial charge in [0.05, 0.1) is 5.02 Å². The molecule has 0 fully saturated rings. The highest BCUT2D eigenvalue weighted by atomic mass is 35.5. The van der Waals surface area contributed by atoms with Gasteiger partial charge in [0.1, 0.15) is 5.82 Å². The van der Waals surface area contributed by atoms with Crippen LogP contribution in [0.15, 0.2) is 58.1 Å². The molecule has 2 aromatic heterocycles. The lowest BCUT2D eigenvalue weighted by Crippen LogP contribution is -2.33. The average molecular weight is 387 g/mol. The zero-order valence-electron chi connectivity index (χ0n) is 13.5. The van der Waals surface area contributed by atoms with E-state index in [2.05, 4.69) is 9.97 Å². The van der Waals surface area contributed by atoms with Crippen LogP contribution in [-0.4, -0.2) is 19.1 Å². The monoisotopic (exact) mass is 386 g/mol. The summed E-state index contributed by atoms with van der Waals surface area (Å²) >= 11 is 12.3. The minimum Gasteiger partial charge on any atom is -0.290 e. The van der Waals surface area contributed by atoms with E-state index >= 15 is 0 Å². The molecule has 0 aliphatic rings. The standard InChI is InChI=1S/C18H12Cl2N4O2/c1-23-17(25)14-15(22-18(23)26)21-16(12-4-2-3-5-13(12)20)24(14)11-8-6-10(19)7-9-11/h2-9H,1H3,(H,22,26). The maximum Gasteiger partial charge on any atom is 0.329 e. The Bertz CT molecular complexity index is 1250. The first-order valence-corrected chi connectivity index (χ1v) is 8.45. The third-order valence-corrected chi connectivity index (χ3v) is 4.70. The van der Waals surface area contributed by atoms with Gasteiger partial charge in [0.2, 0.25) is 0 Å². The molecule has 0 bridgehead atoms. The van der Waals surface area contributed by atoms with Crippen LogP contribution in [0.2, 0.25) is 10.0 Å². The number of nitrogens with zero attached hydrogens (tertiary/aromatic N) is 3. The smallest absolute Gasteiger partial charge is 0.290 e. The summed E-state index contributed by atoms with van der Waals surface area (Å²) in [6.45, 7) is 0. The van der Waals surface area contributed by atoms with E-state index in [1.165, 1.54) is 7.05 Å². The van der Waals surface area contributed by atoms with Crippen LogP contribution >= 0.6 is 23.2 Å². The molecule has 130 valence electrons. The lowest BCUT2D eigenvalue weighted by Gasteiger charge is -2.10. The molecule has 0 amide bonds. The number of H-pyrrole nitrogens is 1. The molecular formula is C18H12Cl2N4O2. The van der Waals surface area contributed by atoms with Gasteiger partial charge in [0, 0.05) is 23.3 Å². The SMILES string of the molecule is Cn1c(=O)[nH]c2nc(-c3ccccc3Cl)n(-c3ccc(Cl)cc3)c2c1=O. The highest BCUT2D eigenvalue weighted by Gasteiger charge is 2.20. The van der Waals surface area contributed by atoms with Crippen molar-refractivity contribution in [3.05, 3.63) is 79.4 Å². The van der Waals surface area contributed by atoms with Crippen molar-refractivity contribution in [1.82, 2.24) is 19.1 Å². The van der Waals surface area contributed by atoms with Gasteiger partial charge < -0.3 is 0 Å². The molecule has 0 saturated heterocycles. The van der Waals surface area contributed by atoms with E-state index < -0.39 is 11.2 Å². The quantitative estimate of drug-likeness (QED) is 0.573. The van der Waals surface area contributed by atoms with Gasteiger partial charge in [-0.2, -0.15) is 0 Å². The van der Waals surface area contributed by atoms with Crippen LogP contribution in [0.3, 0.4) is 0 Å². The predicted molar refractivity (Wildman–Crippen MR) is 102 cm³/mol. The van der Waals surface area contributed by atoms with Gasteiger partial charge in [-0.3, -0.25) is 18.9 Å². The average Bonchev–Trinajstić information content (AvgIpc) is 3.00. The summed E-state index contributed by atoms with van der Waals surface area (Å²) in [7, 11) is 1.41. The fourth-order valence-corrected chi connectivity index (χ4v) is 3.15. The molecule has 0 unspecified atom stereocenters. The van der Waals surface area contributed by atoms with E-state index in [-0.39, 0.29) is 11.2 Å². The van der Waals surface area contributed by atoms with Crippen molar-refractivity contribution in [3.63, 3.8) is 0 Å².